The predicted molar refractivity (Wildman–Crippen MR) is 130 cm³/mol. The number of esters is 1. The molecule has 1 heterocycles. The Morgan fingerprint density at radius 2 is 1.94 bits per heavy atom. The van der Waals surface area contributed by atoms with E-state index in [1.807, 2.05) is 41.9 Å². The van der Waals surface area contributed by atoms with E-state index >= 15 is 0 Å². The van der Waals surface area contributed by atoms with Gasteiger partial charge in [0.05, 0.1) is 30.8 Å². The summed E-state index contributed by atoms with van der Waals surface area (Å²) in [6, 6.07) is 9.57. The van der Waals surface area contributed by atoms with Gasteiger partial charge in [0.15, 0.2) is 6.29 Å². The van der Waals surface area contributed by atoms with Gasteiger partial charge in [-0.1, -0.05) is 37.5 Å². The van der Waals surface area contributed by atoms with Crippen molar-refractivity contribution in [3.63, 3.8) is 0 Å². The molecule has 0 saturated heterocycles. The van der Waals surface area contributed by atoms with Crippen LogP contribution in [0.5, 0.6) is 0 Å². The van der Waals surface area contributed by atoms with E-state index in [2.05, 4.69) is 10.6 Å². The van der Waals surface area contributed by atoms with Crippen LogP contribution in [0, 0.1) is 0 Å². The molecule has 182 valence electrons. The average Bonchev–Trinajstić information content (AvgIpc) is 3.16. The zero-order chi connectivity index (χ0) is 24.3. The smallest absolute Gasteiger partial charge is 0.307 e. The van der Waals surface area contributed by atoms with Crippen LogP contribution in [0.4, 0.5) is 0 Å². The lowest BCUT2D eigenvalue weighted by Gasteiger charge is -2.38. The van der Waals surface area contributed by atoms with Gasteiger partial charge in [-0.2, -0.15) is 0 Å². The first-order valence-corrected chi connectivity index (χ1v) is 11.7. The van der Waals surface area contributed by atoms with Gasteiger partial charge in [-0.15, -0.1) is 0 Å². The Labute approximate surface area is 196 Å². The van der Waals surface area contributed by atoms with Crippen LogP contribution in [-0.2, 0) is 21.4 Å². The highest BCUT2D eigenvalue weighted by atomic mass is 16.5. The van der Waals surface area contributed by atoms with Gasteiger partial charge >= 0.3 is 5.97 Å². The van der Waals surface area contributed by atoms with Crippen molar-refractivity contribution in [3.8, 4) is 0 Å². The maximum absolute atomic E-state index is 12.5. The van der Waals surface area contributed by atoms with Crippen molar-refractivity contribution in [2.75, 3.05) is 20.7 Å². The van der Waals surface area contributed by atoms with Gasteiger partial charge in [-0.05, 0) is 51.4 Å². The fourth-order valence-corrected chi connectivity index (χ4v) is 4.42. The Balaban J connectivity index is 0.000000268. The van der Waals surface area contributed by atoms with Crippen LogP contribution in [0.25, 0.3) is 10.9 Å². The van der Waals surface area contributed by atoms with E-state index in [4.69, 9.17) is 10.5 Å². The third kappa shape index (κ3) is 7.40. The van der Waals surface area contributed by atoms with Crippen LogP contribution in [0.2, 0.25) is 0 Å². The molecule has 1 fully saturated rings. The standard InChI is InChI=1S/C15H29N3O3.C10H9NO/c1-17-12(7-6-10-16)14(20)18-15(11-13(19)21-2)8-4-3-5-9-15;1-11-9(7-12)6-8-4-2-3-5-10(8)11/h12,17H,3-11,16H2,1-2H3,(H,18,20);2-7H,1H3. The van der Waals surface area contributed by atoms with Crippen LogP contribution in [-0.4, -0.2) is 55.0 Å². The summed E-state index contributed by atoms with van der Waals surface area (Å²) >= 11 is 0. The number of likely N-dealkylation sites (N-methyl/N-ethyl adjacent to an activating group) is 1. The van der Waals surface area contributed by atoms with E-state index in [0.717, 1.165) is 61.4 Å². The van der Waals surface area contributed by atoms with Crippen molar-refractivity contribution in [1.29, 1.82) is 0 Å². The summed E-state index contributed by atoms with van der Waals surface area (Å²) < 4.78 is 6.68. The Morgan fingerprint density at radius 1 is 1.24 bits per heavy atom. The minimum absolute atomic E-state index is 0.0447. The molecule has 2 aromatic rings. The fourth-order valence-electron chi connectivity index (χ4n) is 4.42. The van der Waals surface area contributed by atoms with E-state index in [9.17, 15) is 14.4 Å². The molecule has 0 bridgehead atoms. The lowest BCUT2D eigenvalue weighted by atomic mass is 9.79. The third-order valence-corrected chi connectivity index (χ3v) is 6.38. The van der Waals surface area contributed by atoms with Crippen LogP contribution in [0.1, 0.15) is 61.9 Å². The summed E-state index contributed by atoms with van der Waals surface area (Å²) in [7, 11) is 5.05. The second kappa shape index (κ2) is 13.1. The number of nitrogens with zero attached hydrogens (tertiary/aromatic N) is 1. The molecule has 0 aliphatic heterocycles. The zero-order valence-electron chi connectivity index (χ0n) is 20.1. The first kappa shape index (κ1) is 26.5. The molecule has 1 unspecified atom stereocenters. The van der Waals surface area contributed by atoms with Crippen LogP contribution >= 0.6 is 0 Å². The van der Waals surface area contributed by atoms with E-state index in [1.54, 1.807) is 7.05 Å². The molecule has 1 aromatic carbocycles. The number of nitrogens with two attached hydrogens (primary N) is 1. The molecule has 1 aliphatic rings. The first-order chi connectivity index (χ1) is 15.9. The molecule has 8 heteroatoms. The maximum Gasteiger partial charge on any atom is 0.307 e. The van der Waals surface area contributed by atoms with E-state index in [1.165, 1.54) is 7.11 Å². The number of hydrogen-bond acceptors (Lipinski definition) is 6. The normalized spacial score (nSPS) is 15.8. The number of aldehydes is 1. The maximum atomic E-state index is 12.5. The van der Waals surface area contributed by atoms with Crippen LogP contribution in [0.15, 0.2) is 30.3 Å². The molecule has 1 aromatic heterocycles. The number of para-hydroxylation sites is 1. The monoisotopic (exact) mass is 458 g/mol. The number of rotatable bonds is 9. The highest BCUT2D eigenvalue weighted by Crippen LogP contribution is 2.31. The van der Waals surface area contributed by atoms with Crippen LogP contribution in [0.3, 0.4) is 0 Å². The Hall–Kier alpha value is -2.71. The average molecular weight is 459 g/mol. The number of aromatic nitrogens is 1. The molecule has 1 amide bonds. The summed E-state index contributed by atoms with van der Waals surface area (Å²) in [4.78, 5) is 34.7. The number of nitrogens with one attached hydrogen (secondary N) is 2. The van der Waals surface area contributed by atoms with Crippen molar-refractivity contribution in [2.24, 2.45) is 12.8 Å². The summed E-state index contributed by atoms with van der Waals surface area (Å²) in [5, 5.41) is 7.25. The largest absolute Gasteiger partial charge is 0.469 e. The minimum atomic E-state index is -0.444. The minimum Gasteiger partial charge on any atom is -0.469 e. The molecule has 1 atom stereocenters. The van der Waals surface area contributed by atoms with Gasteiger partial charge in [-0.3, -0.25) is 14.4 Å². The topological polar surface area (TPSA) is 115 Å². The van der Waals surface area contributed by atoms with Crippen molar-refractivity contribution < 1.29 is 19.1 Å². The summed E-state index contributed by atoms with van der Waals surface area (Å²) in [5.74, 6) is -0.308. The molecular weight excluding hydrogens is 420 g/mol. The Bertz CT molecular complexity index is 918. The van der Waals surface area contributed by atoms with E-state index < -0.39 is 5.54 Å². The Kier molecular flexibility index (Phi) is 10.5. The second-order valence-corrected chi connectivity index (χ2v) is 8.66. The Morgan fingerprint density at radius 3 is 2.52 bits per heavy atom. The van der Waals surface area contributed by atoms with Crippen molar-refractivity contribution in [2.45, 2.75) is 62.9 Å². The molecule has 1 saturated carbocycles. The van der Waals surface area contributed by atoms with Gasteiger partial charge < -0.3 is 25.7 Å². The van der Waals surface area contributed by atoms with Gasteiger partial charge in [0.2, 0.25) is 5.91 Å². The number of fused-ring (bicyclic) bond motifs is 1. The van der Waals surface area contributed by atoms with Crippen molar-refractivity contribution in [3.05, 3.63) is 36.0 Å². The molecule has 1 aliphatic carbocycles. The van der Waals surface area contributed by atoms with Crippen LogP contribution < -0.4 is 16.4 Å². The first-order valence-electron chi connectivity index (χ1n) is 11.7. The third-order valence-electron chi connectivity index (χ3n) is 6.38. The predicted octanol–water partition coefficient (Wildman–Crippen LogP) is 2.69. The summed E-state index contributed by atoms with van der Waals surface area (Å²) in [6.07, 6.45) is 7.51. The fraction of sp³-hybridized carbons (Fsp3) is 0.560. The molecule has 0 spiro atoms. The van der Waals surface area contributed by atoms with Crippen molar-refractivity contribution >= 4 is 29.1 Å². The zero-order valence-corrected chi connectivity index (χ0v) is 20.1. The lowest BCUT2D eigenvalue weighted by molar-refractivity contribution is -0.143. The highest BCUT2D eigenvalue weighted by molar-refractivity contribution is 5.88. The van der Waals surface area contributed by atoms with E-state index in [0.29, 0.717) is 13.0 Å². The highest BCUT2D eigenvalue weighted by Gasteiger charge is 2.37. The number of aryl methyl sites for hydroxylation is 1. The van der Waals surface area contributed by atoms with Gasteiger partial charge in [-0.25, -0.2) is 0 Å². The van der Waals surface area contributed by atoms with Gasteiger partial charge in [0, 0.05) is 18.0 Å². The number of hydrogen-bond donors (Lipinski definition) is 3. The summed E-state index contributed by atoms with van der Waals surface area (Å²) in [5.41, 5.74) is 6.88. The van der Waals surface area contributed by atoms with E-state index in [-0.39, 0.29) is 24.3 Å². The lowest BCUT2D eigenvalue weighted by Crippen LogP contribution is -2.56. The molecule has 3 rings (SSSR count). The number of amides is 1. The molecule has 4 N–H and O–H groups in total. The van der Waals surface area contributed by atoms with Crippen molar-refractivity contribution in [1.82, 2.24) is 15.2 Å². The molecular formula is C25H38N4O4. The number of ether oxygens (including phenoxy) is 1. The van der Waals surface area contributed by atoms with Gasteiger partial charge in [0.1, 0.15) is 0 Å². The quantitative estimate of drug-likeness (QED) is 0.393. The SMILES string of the molecule is CNC(CCCN)C(=O)NC1(CC(=O)OC)CCCCC1.Cn1c(C=O)cc2ccccc21. The molecule has 0 radical (unpaired) electrons. The van der Waals surface area contributed by atoms with Gasteiger partial charge in [0.25, 0.3) is 0 Å². The number of methoxy groups -OCH3 is 1. The second-order valence-electron chi connectivity index (χ2n) is 8.66. The number of carbonyl (C=O) groups excluding carboxylic acids is 3. The number of carbonyl (C=O) groups is 3. The molecule has 33 heavy (non-hydrogen) atoms. The summed E-state index contributed by atoms with van der Waals surface area (Å²) in [6.45, 7) is 0.568. The number of benzene rings is 1. The molecule has 8 nitrogen and oxygen atoms in total.